The molecule has 1 aromatic heterocycles. The molecule has 1 saturated heterocycles. The number of carbonyl (C=O) groups excluding carboxylic acids is 2. The topological polar surface area (TPSA) is 62.3 Å². The molecule has 6 heteroatoms. The fourth-order valence-electron chi connectivity index (χ4n) is 3.35. The Bertz CT molecular complexity index is 772. The van der Waals surface area contributed by atoms with Crippen molar-refractivity contribution in [1.29, 1.82) is 0 Å². The first kappa shape index (κ1) is 19.0. The van der Waals surface area contributed by atoms with Crippen LogP contribution in [0.3, 0.4) is 0 Å². The molecular weight excluding hydrogens is 345 g/mol. The van der Waals surface area contributed by atoms with Gasteiger partial charge in [0.15, 0.2) is 0 Å². The highest BCUT2D eigenvalue weighted by Crippen LogP contribution is 2.22. The molecule has 0 aliphatic carbocycles. The van der Waals surface area contributed by atoms with Gasteiger partial charge in [0.05, 0.1) is 0 Å². The van der Waals surface area contributed by atoms with E-state index in [2.05, 4.69) is 10.3 Å². The van der Waals surface area contributed by atoms with Crippen LogP contribution in [0.25, 0.3) is 0 Å². The Morgan fingerprint density at radius 2 is 1.78 bits per heavy atom. The number of halogens is 1. The van der Waals surface area contributed by atoms with E-state index in [0.717, 1.165) is 18.4 Å². The maximum absolute atomic E-state index is 13.0. The quantitative estimate of drug-likeness (QED) is 0.881. The number of hydrogen-bond acceptors (Lipinski definition) is 3. The molecular formula is C21H24FN3O2. The molecule has 2 amide bonds. The summed E-state index contributed by atoms with van der Waals surface area (Å²) in [7, 11) is 0. The van der Waals surface area contributed by atoms with E-state index in [1.165, 1.54) is 12.1 Å². The zero-order chi connectivity index (χ0) is 19.2. The lowest BCUT2D eigenvalue weighted by molar-refractivity contribution is -0.132. The Kier molecular flexibility index (Phi) is 6.16. The molecule has 142 valence electrons. The average molecular weight is 369 g/mol. The number of carbonyl (C=O) groups is 2. The summed E-state index contributed by atoms with van der Waals surface area (Å²) >= 11 is 0. The van der Waals surface area contributed by atoms with Crippen LogP contribution in [0.4, 0.5) is 4.39 Å². The van der Waals surface area contributed by atoms with Gasteiger partial charge in [-0.15, -0.1) is 0 Å². The van der Waals surface area contributed by atoms with Crippen LogP contribution in [0, 0.1) is 5.82 Å². The zero-order valence-corrected chi connectivity index (χ0v) is 15.4. The predicted molar refractivity (Wildman–Crippen MR) is 101 cm³/mol. The molecule has 3 rings (SSSR count). The summed E-state index contributed by atoms with van der Waals surface area (Å²) in [5.41, 5.74) is 1.56. The van der Waals surface area contributed by atoms with Crippen LogP contribution in [-0.4, -0.2) is 40.8 Å². The molecule has 0 bridgehead atoms. The van der Waals surface area contributed by atoms with E-state index >= 15 is 0 Å². The van der Waals surface area contributed by atoms with Crippen LogP contribution in [-0.2, 0) is 4.79 Å². The van der Waals surface area contributed by atoms with E-state index in [9.17, 15) is 14.0 Å². The van der Waals surface area contributed by atoms with E-state index in [1.807, 2.05) is 11.8 Å². The summed E-state index contributed by atoms with van der Waals surface area (Å²) in [6, 6.07) is 9.75. The molecule has 2 aromatic rings. The number of nitrogens with zero attached hydrogens (tertiary/aromatic N) is 2. The third-order valence-corrected chi connectivity index (χ3v) is 5.05. The summed E-state index contributed by atoms with van der Waals surface area (Å²) in [6.45, 7) is 3.25. The lowest BCUT2D eigenvalue weighted by Gasteiger charge is -2.33. The molecule has 0 spiro atoms. The second kappa shape index (κ2) is 8.75. The van der Waals surface area contributed by atoms with E-state index < -0.39 is 0 Å². The Morgan fingerprint density at radius 1 is 1.15 bits per heavy atom. The molecule has 0 radical (unpaired) electrons. The number of nitrogens with one attached hydrogen (secondary N) is 1. The molecule has 27 heavy (non-hydrogen) atoms. The zero-order valence-electron chi connectivity index (χ0n) is 15.4. The predicted octanol–water partition coefficient (Wildman–Crippen LogP) is 3.14. The SMILES string of the molecule is C[C@@H](CC(=O)N1CCC(NC(=O)c2ccncc2)CC1)c1ccc(F)cc1. The summed E-state index contributed by atoms with van der Waals surface area (Å²) in [5.74, 6) is -0.228. The van der Waals surface area contributed by atoms with Crippen molar-refractivity contribution >= 4 is 11.8 Å². The van der Waals surface area contributed by atoms with Gasteiger partial charge in [-0.25, -0.2) is 4.39 Å². The highest BCUT2D eigenvalue weighted by molar-refractivity contribution is 5.94. The minimum atomic E-state index is -0.270. The Morgan fingerprint density at radius 3 is 2.41 bits per heavy atom. The monoisotopic (exact) mass is 369 g/mol. The van der Waals surface area contributed by atoms with E-state index in [4.69, 9.17) is 0 Å². The van der Waals surface area contributed by atoms with Gasteiger partial charge in [-0.3, -0.25) is 14.6 Å². The van der Waals surface area contributed by atoms with Crippen LogP contribution in [0.5, 0.6) is 0 Å². The lowest BCUT2D eigenvalue weighted by atomic mass is 9.96. The molecule has 0 saturated carbocycles. The number of hydrogen-bond donors (Lipinski definition) is 1. The molecule has 1 aromatic carbocycles. The second-order valence-corrected chi connectivity index (χ2v) is 7.02. The molecule has 0 unspecified atom stereocenters. The highest BCUT2D eigenvalue weighted by atomic mass is 19.1. The molecule has 1 aliphatic rings. The number of piperidine rings is 1. The van der Waals surface area contributed by atoms with E-state index in [0.29, 0.717) is 25.1 Å². The van der Waals surface area contributed by atoms with Crippen LogP contribution < -0.4 is 5.32 Å². The van der Waals surface area contributed by atoms with Crippen LogP contribution in [0.1, 0.15) is 48.0 Å². The number of rotatable bonds is 5. The number of benzene rings is 1. The molecule has 1 N–H and O–H groups in total. The van der Waals surface area contributed by atoms with Crippen molar-refractivity contribution in [3.8, 4) is 0 Å². The van der Waals surface area contributed by atoms with E-state index in [1.54, 1.807) is 36.7 Å². The number of amides is 2. The van der Waals surface area contributed by atoms with Crippen LogP contribution >= 0.6 is 0 Å². The van der Waals surface area contributed by atoms with Gasteiger partial charge in [0, 0.05) is 43.5 Å². The van der Waals surface area contributed by atoms with Crippen LogP contribution in [0.2, 0.25) is 0 Å². The minimum Gasteiger partial charge on any atom is -0.349 e. The minimum absolute atomic E-state index is 0.0437. The third kappa shape index (κ3) is 5.12. The second-order valence-electron chi connectivity index (χ2n) is 7.02. The Labute approximate surface area is 158 Å². The fourth-order valence-corrected chi connectivity index (χ4v) is 3.35. The standard InChI is InChI=1S/C21H24FN3O2/c1-15(16-2-4-18(22)5-3-16)14-20(26)25-12-8-19(9-13-25)24-21(27)17-6-10-23-11-7-17/h2-7,10-11,15,19H,8-9,12-14H2,1H3,(H,24,27)/t15-/m0/s1. The van der Waals surface area contributed by atoms with E-state index in [-0.39, 0.29) is 29.6 Å². The van der Waals surface area contributed by atoms with Gasteiger partial charge in [-0.05, 0) is 48.6 Å². The van der Waals surface area contributed by atoms with Gasteiger partial charge < -0.3 is 10.2 Å². The smallest absolute Gasteiger partial charge is 0.251 e. The summed E-state index contributed by atoms with van der Waals surface area (Å²) < 4.78 is 13.0. The van der Waals surface area contributed by atoms with Crippen LogP contribution in [0.15, 0.2) is 48.8 Å². The first-order chi connectivity index (χ1) is 13.0. The van der Waals surface area contributed by atoms with Gasteiger partial charge in [0.2, 0.25) is 5.91 Å². The molecule has 1 fully saturated rings. The Hall–Kier alpha value is -2.76. The molecule has 1 atom stereocenters. The summed E-state index contributed by atoms with van der Waals surface area (Å²) in [5, 5.41) is 3.03. The number of likely N-dealkylation sites (tertiary alicyclic amines) is 1. The molecule has 5 nitrogen and oxygen atoms in total. The number of pyridine rings is 1. The highest BCUT2D eigenvalue weighted by Gasteiger charge is 2.25. The van der Waals surface area contributed by atoms with Crippen molar-refractivity contribution in [3.63, 3.8) is 0 Å². The van der Waals surface area contributed by atoms with Crippen molar-refractivity contribution in [2.45, 2.75) is 38.1 Å². The first-order valence-corrected chi connectivity index (χ1v) is 9.27. The Balaban J connectivity index is 1.46. The van der Waals surface area contributed by atoms with Crippen molar-refractivity contribution in [2.75, 3.05) is 13.1 Å². The summed E-state index contributed by atoms with van der Waals surface area (Å²) in [4.78, 5) is 30.5. The lowest BCUT2D eigenvalue weighted by Crippen LogP contribution is -2.46. The molecule has 1 aliphatic heterocycles. The first-order valence-electron chi connectivity index (χ1n) is 9.27. The normalized spacial score (nSPS) is 16.0. The third-order valence-electron chi connectivity index (χ3n) is 5.05. The van der Waals surface area contributed by atoms with Gasteiger partial charge >= 0.3 is 0 Å². The summed E-state index contributed by atoms with van der Waals surface area (Å²) in [6.07, 6.45) is 5.08. The van der Waals surface area contributed by atoms with Crippen molar-refractivity contribution < 1.29 is 14.0 Å². The number of aromatic nitrogens is 1. The van der Waals surface area contributed by atoms with Gasteiger partial charge in [-0.2, -0.15) is 0 Å². The van der Waals surface area contributed by atoms with Gasteiger partial charge in [0.25, 0.3) is 5.91 Å². The maximum Gasteiger partial charge on any atom is 0.251 e. The molecule has 2 heterocycles. The van der Waals surface area contributed by atoms with Gasteiger partial charge in [-0.1, -0.05) is 19.1 Å². The van der Waals surface area contributed by atoms with Crippen molar-refractivity contribution in [2.24, 2.45) is 0 Å². The van der Waals surface area contributed by atoms with Crippen molar-refractivity contribution in [3.05, 3.63) is 65.7 Å². The van der Waals surface area contributed by atoms with Gasteiger partial charge in [0.1, 0.15) is 5.82 Å². The largest absolute Gasteiger partial charge is 0.349 e. The van der Waals surface area contributed by atoms with Crippen molar-refractivity contribution in [1.82, 2.24) is 15.2 Å². The average Bonchev–Trinajstić information content (AvgIpc) is 2.69. The maximum atomic E-state index is 13.0. The fraction of sp³-hybridized carbons (Fsp3) is 0.381.